The molecule has 1 fully saturated rings. The van der Waals surface area contributed by atoms with Crippen LogP contribution in [0.4, 0.5) is 5.69 Å². The van der Waals surface area contributed by atoms with Crippen molar-refractivity contribution in [2.45, 2.75) is 19.4 Å². The molecule has 0 aliphatic carbocycles. The number of nitrogens with one attached hydrogen (secondary N) is 2. The highest BCUT2D eigenvalue weighted by Crippen LogP contribution is 2.19. The average molecular weight is 357 g/mol. The first-order valence-electron chi connectivity index (χ1n) is 6.75. The molecule has 10 heteroatoms. The molecule has 1 unspecified atom stereocenters. The summed E-state index contributed by atoms with van der Waals surface area (Å²) in [6.45, 7) is 1.58. The van der Waals surface area contributed by atoms with Gasteiger partial charge in [0.05, 0.1) is 16.4 Å². The minimum Gasteiger partial charge on any atom is -0.359 e. The van der Waals surface area contributed by atoms with E-state index >= 15 is 0 Å². The van der Waals surface area contributed by atoms with Gasteiger partial charge in [0.1, 0.15) is 0 Å². The van der Waals surface area contributed by atoms with Crippen molar-refractivity contribution in [2.75, 3.05) is 11.5 Å². The summed E-state index contributed by atoms with van der Waals surface area (Å²) in [4.78, 5) is 22.4. The number of amides is 1. The molecule has 0 aromatic heterocycles. The Balaban J connectivity index is 2.00. The lowest BCUT2D eigenvalue weighted by molar-refractivity contribution is -0.385. The van der Waals surface area contributed by atoms with Gasteiger partial charge in [0.2, 0.25) is 0 Å². The Morgan fingerprint density at radius 2 is 2.13 bits per heavy atom. The molecule has 1 aromatic carbocycles. The average Bonchev–Trinajstić information content (AvgIpc) is 2.77. The van der Waals surface area contributed by atoms with E-state index in [4.69, 9.17) is 12.2 Å². The van der Waals surface area contributed by atoms with Crippen LogP contribution in [0.25, 0.3) is 0 Å². The van der Waals surface area contributed by atoms with Crippen molar-refractivity contribution < 1.29 is 18.1 Å². The van der Waals surface area contributed by atoms with Crippen molar-refractivity contribution in [3.63, 3.8) is 0 Å². The molecule has 0 bridgehead atoms. The molecule has 1 aliphatic rings. The lowest BCUT2D eigenvalue weighted by Crippen LogP contribution is -2.44. The molecule has 1 atom stereocenters. The molecule has 2 rings (SSSR count). The number of hydrogen-bond acceptors (Lipinski definition) is 6. The smallest absolute Gasteiger partial charge is 0.273 e. The van der Waals surface area contributed by atoms with E-state index in [0.717, 1.165) is 0 Å². The first-order chi connectivity index (χ1) is 10.7. The molecule has 1 aromatic rings. The third-order valence-electron chi connectivity index (χ3n) is 3.46. The third-order valence-corrected chi connectivity index (χ3v) is 5.45. The van der Waals surface area contributed by atoms with Gasteiger partial charge >= 0.3 is 0 Å². The van der Waals surface area contributed by atoms with Gasteiger partial charge in [0.25, 0.3) is 11.6 Å². The zero-order chi connectivity index (χ0) is 17.2. The Bertz CT molecular complexity index is 776. The van der Waals surface area contributed by atoms with Crippen LogP contribution in [0.3, 0.4) is 0 Å². The van der Waals surface area contributed by atoms with Crippen molar-refractivity contribution in [3.05, 3.63) is 39.4 Å². The van der Waals surface area contributed by atoms with Crippen LogP contribution in [0.15, 0.2) is 18.2 Å². The zero-order valence-electron chi connectivity index (χ0n) is 12.2. The van der Waals surface area contributed by atoms with Crippen molar-refractivity contribution in [1.29, 1.82) is 0 Å². The first-order valence-corrected chi connectivity index (χ1v) is 8.98. The van der Waals surface area contributed by atoms with Gasteiger partial charge in [-0.2, -0.15) is 0 Å². The van der Waals surface area contributed by atoms with E-state index in [0.29, 0.717) is 12.0 Å². The predicted molar refractivity (Wildman–Crippen MR) is 88.1 cm³/mol. The van der Waals surface area contributed by atoms with Gasteiger partial charge in [-0.3, -0.25) is 20.2 Å². The number of nitro groups is 1. The summed E-state index contributed by atoms with van der Waals surface area (Å²) >= 11 is 4.98. The first kappa shape index (κ1) is 17.3. The Morgan fingerprint density at radius 1 is 1.43 bits per heavy atom. The highest BCUT2D eigenvalue weighted by Gasteiger charge is 2.28. The van der Waals surface area contributed by atoms with Crippen molar-refractivity contribution in [3.8, 4) is 0 Å². The Labute approximate surface area is 138 Å². The van der Waals surface area contributed by atoms with Gasteiger partial charge in [-0.05, 0) is 31.6 Å². The quantitative estimate of drug-likeness (QED) is 0.464. The van der Waals surface area contributed by atoms with E-state index < -0.39 is 20.7 Å². The van der Waals surface area contributed by atoms with E-state index in [1.807, 2.05) is 0 Å². The molecular weight excluding hydrogens is 342 g/mol. The van der Waals surface area contributed by atoms with Gasteiger partial charge in [-0.1, -0.05) is 6.07 Å². The van der Waals surface area contributed by atoms with Crippen molar-refractivity contribution >= 4 is 38.8 Å². The molecule has 1 amide bonds. The third kappa shape index (κ3) is 4.45. The molecule has 2 N–H and O–H groups in total. The molecule has 1 aliphatic heterocycles. The van der Waals surface area contributed by atoms with Gasteiger partial charge in [0, 0.05) is 23.2 Å². The van der Waals surface area contributed by atoms with Crippen molar-refractivity contribution in [1.82, 2.24) is 10.6 Å². The molecule has 0 spiro atoms. The zero-order valence-corrected chi connectivity index (χ0v) is 13.9. The number of carbonyl (C=O) groups excluding carboxylic acids is 1. The number of sulfone groups is 1. The molecule has 23 heavy (non-hydrogen) atoms. The maximum Gasteiger partial charge on any atom is 0.273 e. The monoisotopic (exact) mass is 357 g/mol. The van der Waals surface area contributed by atoms with E-state index in [9.17, 15) is 23.3 Å². The summed E-state index contributed by atoms with van der Waals surface area (Å²) in [6.07, 6.45) is 0.425. The summed E-state index contributed by atoms with van der Waals surface area (Å²) < 4.78 is 22.7. The second-order valence-corrected chi connectivity index (χ2v) is 7.92. The fourth-order valence-electron chi connectivity index (χ4n) is 2.25. The Kier molecular flexibility index (Phi) is 4.95. The summed E-state index contributed by atoms with van der Waals surface area (Å²) in [5, 5.41) is 16.1. The fraction of sp³-hybridized carbons (Fsp3) is 0.385. The van der Waals surface area contributed by atoms with Crippen LogP contribution < -0.4 is 10.6 Å². The summed E-state index contributed by atoms with van der Waals surface area (Å²) in [5.74, 6) is -0.531. The van der Waals surface area contributed by atoms with E-state index in [1.54, 1.807) is 6.92 Å². The minimum atomic E-state index is -3.05. The fourth-order valence-corrected chi connectivity index (χ4v) is 4.19. The summed E-state index contributed by atoms with van der Waals surface area (Å²) in [7, 11) is -3.05. The maximum absolute atomic E-state index is 12.1. The molecular formula is C13H15N3O5S2. The molecule has 8 nitrogen and oxygen atoms in total. The highest BCUT2D eigenvalue weighted by molar-refractivity contribution is 7.91. The number of thiocarbonyl (C=S) groups is 1. The van der Waals surface area contributed by atoms with Crippen LogP contribution in [0.1, 0.15) is 22.3 Å². The lowest BCUT2D eigenvalue weighted by atomic mass is 10.1. The van der Waals surface area contributed by atoms with Crippen LogP contribution in [0.2, 0.25) is 0 Å². The van der Waals surface area contributed by atoms with E-state index in [1.165, 1.54) is 18.2 Å². The van der Waals surface area contributed by atoms with Crippen LogP contribution in [-0.4, -0.2) is 41.9 Å². The van der Waals surface area contributed by atoms with Crippen LogP contribution in [0, 0.1) is 17.0 Å². The number of hydrogen-bond donors (Lipinski definition) is 2. The Hall–Kier alpha value is -2.07. The largest absolute Gasteiger partial charge is 0.359 e. The number of nitro benzene ring substituents is 1. The van der Waals surface area contributed by atoms with E-state index in [2.05, 4.69) is 10.6 Å². The van der Waals surface area contributed by atoms with Crippen LogP contribution >= 0.6 is 12.2 Å². The van der Waals surface area contributed by atoms with Crippen LogP contribution in [-0.2, 0) is 9.84 Å². The van der Waals surface area contributed by atoms with E-state index in [-0.39, 0.29) is 33.9 Å². The van der Waals surface area contributed by atoms with Gasteiger partial charge in [-0.25, -0.2) is 8.42 Å². The number of rotatable bonds is 3. The lowest BCUT2D eigenvalue weighted by Gasteiger charge is -2.14. The van der Waals surface area contributed by atoms with Crippen LogP contribution in [0.5, 0.6) is 0 Å². The molecule has 1 saturated heterocycles. The van der Waals surface area contributed by atoms with Gasteiger partial charge in [0.15, 0.2) is 14.9 Å². The minimum absolute atomic E-state index is 0.000304. The number of benzene rings is 1. The highest BCUT2D eigenvalue weighted by atomic mass is 32.2. The topological polar surface area (TPSA) is 118 Å². The summed E-state index contributed by atoms with van der Waals surface area (Å²) in [6, 6.07) is 3.78. The number of aryl methyl sites for hydroxylation is 1. The van der Waals surface area contributed by atoms with Gasteiger partial charge in [-0.15, -0.1) is 0 Å². The summed E-state index contributed by atoms with van der Waals surface area (Å²) in [5.41, 5.74) is 0.396. The molecule has 0 radical (unpaired) electrons. The maximum atomic E-state index is 12.1. The number of nitrogens with zero attached hydrogens (tertiary/aromatic N) is 1. The predicted octanol–water partition coefficient (Wildman–Crippen LogP) is 0.695. The second kappa shape index (κ2) is 6.59. The normalized spacial score (nSPS) is 19.1. The number of carbonyl (C=O) groups is 1. The SMILES string of the molecule is Cc1ccc(C(=O)NC(=S)NC2CCS(=O)(=O)C2)cc1[N+](=O)[O-]. The standard InChI is InChI=1S/C13H15N3O5S2/c1-8-2-3-9(6-11(8)16(18)19)12(17)15-13(22)14-10-4-5-23(20,21)7-10/h2-3,6,10H,4-5,7H2,1H3,(H2,14,15,17,22). The second-order valence-electron chi connectivity index (χ2n) is 5.29. The Morgan fingerprint density at radius 3 is 2.70 bits per heavy atom. The molecule has 0 saturated carbocycles. The molecule has 1 heterocycles. The molecule has 124 valence electrons. The van der Waals surface area contributed by atoms with Gasteiger partial charge < -0.3 is 5.32 Å². The van der Waals surface area contributed by atoms with Crippen molar-refractivity contribution in [2.24, 2.45) is 0 Å².